The molecule has 1 fully saturated rings. The van der Waals surface area contributed by atoms with Crippen molar-refractivity contribution in [3.63, 3.8) is 0 Å². The highest BCUT2D eigenvalue weighted by Gasteiger charge is 2.31. The highest BCUT2D eigenvalue weighted by molar-refractivity contribution is 5.75. The molecule has 6 heteroatoms. The van der Waals surface area contributed by atoms with E-state index in [1.165, 1.54) is 5.69 Å². The van der Waals surface area contributed by atoms with E-state index in [1.807, 2.05) is 42.4 Å². The van der Waals surface area contributed by atoms with Crippen LogP contribution in [-0.2, 0) is 13.6 Å². The minimum Gasteiger partial charge on any atom is -0.454 e. The molecule has 2 aliphatic rings. The first-order valence-electron chi connectivity index (χ1n) is 8.26. The van der Waals surface area contributed by atoms with E-state index in [2.05, 4.69) is 16.0 Å². The summed E-state index contributed by atoms with van der Waals surface area (Å²) in [7, 11) is 2.02. The lowest BCUT2D eigenvalue weighted by Gasteiger charge is -2.25. The lowest BCUT2D eigenvalue weighted by atomic mass is 10.1. The lowest BCUT2D eigenvalue weighted by Crippen LogP contribution is -2.39. The van der Waals surface area contributed by atoms with Gasteiger partial charge in [0.25, 0.3) is 0 Å². The molecule has 0 radical (unpaired) electrons. The van der Waals surface area contributed by atoms with E-state index in [0.717, 1.165) is 36.4 Å². The van der Waals surface area contributed by atoms with Crippen LogP contribution in [0.1, 0.15) is 30.1 Å². The summed E-state index contributed by atoms with van der Waals surface area (Å²) in [5, 5.41) is 3.02. The van der Waals surface area contributed by atoms with Gasteiger partial charge in [-0.25, -0.2) is 4.79 Å². The molecule has 0 bridgehead atoms. The minimum atomic E-state index is -0.0173. The summed E-state index contributed by atoms with van der Waals surface area (Å²) in [5.74, 6) is 1.50. The van der Waals surface area contributed by atoms with E-state index < -0.39 is 0 Å². The molecule has 0 spiro atoms. The highest BCUT2D eigenvalue weighted by atomic mass is 16.7. The van der Waals surface area contributed by atoms with Gasteiger partial charge in [-0.05, 0) is 42.7 Å². The first-order chi connectivity index (χ1) is 11.7. The monoisotopic (exact) mass is 327 g/mol. The number of urea groups is 1. The van der Waals surface area contributed by atoms with Crippen LogP contribution in [-0.4, -0.2) is 28.8 Å². The SMILES string of the molecule is Cn1cccc1[C@@H]1CCCN1C(=O)NCc1ccc2c(c1)OCO2. The molecule has 24 heavy (non-hydrogen) atoms. The molecular formula is C18H21N3O3. The van der Waals surface area contributed by atoms with Crippen LogP contribution in [0.3, 0.4) is 0 Å². The Kier molecular flexibility index (Phi) is 3.80. The number of nitrogens with zero attached hydrogens (tertiary/aromatic N) is 2. The van der Waals surface area contributed by atoms with Crippen LogP contribution in [0.15, 0.2) is 36.5 Å². The number of carbonyl (C=O) groups is 1. The molecule has 6 nitrogen and oxygen atoms in total. The zero-order valence-corrected chi connectivity index (χ0v) is 13.7. The average Bonchev–Trinajstić information content (AvgIpc) is 3.31. The number of aromatic nitrogens is 1. The number of nitrogens with one attached hydrogen (secondary N) is 1. The van der Waals surface area contributed by atoms with Crippen molar-refractivity contribution in [1.29, 1.82) is 0 Å². The molecule has 2 aromatic rings. The van der Waals surface area contributed by atoms with Crippen LogP contribution in [0.25, 0.3) is 0 Å². The number of carbonyl (C=O) groups excluding carboxylic acids is 1. The maximum absolute atomic E-state index is 12.6. The number of likely N-dealkylation sites (tertiary alicyclic amines) is 1. The number of amides is 2. The third kappa shape index (κ3) is 2.68. The van der Waals surface area contributed by atoms with E-state index in [0.29, 0.717) is 6.54 Å². The third-order valence-corrected chi connectivity index (χ3v) is 4.72. The fourth-order valence-corrected chi connectivity index (χ4v) is 3.47. The Balaban J connectivity index is 1.41. The molecule has 1 N–H and O–H groups in total. The van der Waals surface area contributed by atoms with Crippen molar-refractivity contribution in [1.82, 2.24) is 14.8 Å². The van der Waals surface area contributed by atoms with Crippen LogP contribution in [0, 0.1) is 0 Å². The van der Waals surface area contributed by atoms with E-state index in [9.17, 15) is 4.79 Å². The molecule has 0 saturated carbocycles. The first-order valence-corrected chi connectivity index (χ1v) is 8.26. The average molecular weight is 327 g/mol. The van der Waals surface area contributed by atoms with Crippen LogP contribution >= 0.6 is 0 Å². The molecule has 126 valence electrons. The fourth-order valence-electron chi connectivity index (χ4n) is 3.47. The zero-order valence-electron chi connectivity index (χ0n) is 13.7. The standard InChI is InChI=1S/C18H21N3O3/c1-20-8-2-4-14(20)15-5-3-9-21(15)18(22)19-11-13-6-7-16-17(10-13)24-12-23-16/h2,4,6-8,10,15H,3,5,9,11-12H2,1H3,(H,19,22)/t15-/m0/s1. The van der Waals surface area contributed by atoms with E-state index in [4.69, 9.17) is 9.47 Å². The summed E-state index contributed by atoms with van der Waals surface area (Å²) in [6.07, 6.45) is 4.07. The molecule has 4 rings (SSSR count). The number of hydrogen-bond donors (Lipinski definition) is 1. The van der Waals surface area contributed by atoms with Crippen LogP contribution < -0.4 is 14.8 Å². The number of aryl methyl sites for hydroxylation is 1. The van der Waals surface area contributed by atoms with Crippen molar-refractivity contribution in [3.8, 4) is 11.5 Å². The van der Waals surface area contributed by atoms with Gasteiger partial charge >= 0.3 is 6.03 Å². The number of fused-ring (bicyclic) bond motifs is 1. The second-order valence-corrected chi connectivity index (χ2v) is 6.24. The first kappa shape index (κ1) is 14.9. The van der Waals surface area contributed by atoms with Crippen LogP contribution in [0.2, 0.25) is 0 Å². The Morgan fingerprint density at radius 1 is 1.29 bits per heavy atom. The van der Waals surface area contributed by atoms with Crippen molar-refractivity contribution in [2.24, 2.45) is 7.05 Å². The summed E-state index contributed by atoms with van der Waals surface area (Å²) < 4.78 is 12.8. The molecule has 1 atom stereocenters. The number of benzene rings is 1. The van der Waals surface area contributed by atoms with Crippen LogP contribution in [0.4, 0.5) is 4.79 Å². The van der Waals surface area contributed by atoms with Crippen molar-refractivity contribution in [3.05, 3.63) is 47.8 Å². The Hall–Kier alpha value is -2.63. The van der Waals surface area contributed by atoms with Gasteiger partial charge in [-0.3, -0.25) is 0 Å². The van der Waals surface area contributed by atoms with Gasteiger partial charge in [-0.1, -0.05) is 6.07 Å². The summed E-state index contributed by atoms with van der Waals surface area (Å²) in [6, 6.07) is 10.0. The van der Waals surface area contributed by atoms with Gasteiger partial charge in [0.2, 0.25) is 6.79 Å². The molecule has 2 aliphatic heterocycles. The van der Waals surface area contributed by atoms with Crippen molar-refractivity contribution >= 4 is 6.03 Å². The third-order valence-electron chi connectivity index (χ3n) is 4.72. The predicted octanol–water partition coefficient (Wildman–Crippen LogP) is 2.80. The van der Waals surface area contributed by atoms with Gasteiger partial charge in [0.15, 0.2) is 11.5 Å². The molecule has 3 heterocycles. The molecule has 2 amide bonds. The normalized spacial score (nSPS) is 18.9. The van der Waals surface area contributed by atoms with Gasteiger partial charge < -0.3 is 24.3 Å². The summed E-state index contributed by atoms with van der Waals surface area (Å²) >= 11 is 0. The Morgan fingerprint density at radius 2 is 2.17 bits per heavy atom. The van der Waals surface area contributed by atoms with Gasteiger partial charge in [0.1, 0.15) is 0 Å². The predicted molar refractivity (Wildman–Crippen MR) is 88.9 cm³/mol. The van der Waals surface area contributed by atoms with Crippen molar-refractivity contribution < 1.29 is 14.3 Å². The zero-order chi connectivity index (χ0) is 16.5. The summed E-state index contributed by atoms with van der Waals surface area (Å²) in [5.41, 5.74) is 2.19. The molecule has 1 saturated heterocycles. The van der Waals surface area contributed by atoms with E-state index in [-0.39, 0.29) is 18.9 Å². The quantitative estimate of drug-likeness (QED) is 0.943. The van der Waals surface area contributed by atoms with Crippen molar-refractivity contribution in [2.45, 2.75) is 25.4 Å². The van der Waals surface area contributed by atoms with Gasteiger partial charge in [0, 0.05) is 32.0 Å². The number of rotatable bonds is 3. The molecule has 0 aliphatic carbocycles. The molecule has 0 unspecified atom stereocenters. The second kappa shape index (κ2) is 6.11. The van der Waals surface area contributed by atoms with Gasteiger partial charge in [-0.15, -0.1) is 0 Å². The molecule has 1 aromatic carbocycles. The maximum atomic E-state index is 12.6. The minimum absolute atomic E-state index is 0.0173. The summed E-state index contributed by atoms with van der Waals surface area (Å²) in [6.45, 7) is 1.53. The number of hydrogen-bond acceptors (Lipinski definition) is 3. The Morgan fingerprint density at radius 3 is 3.00 bits per heavy atom. The second-order valence-electron chi connectivity index (χ2n) is 6.24. The van der Waals surface area contributed by atoms with Crippen molar-refractivity contribution in [2.75, 3.05) is 13.3 Å². The Bertz CT molecular complexity index is 756. The van der Waals surface area contributed by atoms with Gasteiger partial charge in [0.05, 0.1) is 6.04 Å². The van der Waals surface area contributed by atoms with Crippen LogP contribution in [0.5, 0.6) is 11.5 Å². The topological polar surface area (TPSA) is 55.7 Å². The molecular weight excluding hydrogens is 306 g/mol. The van der Waals surface area contributed by atoms with E-state index >= 15 is 0 Å². The fraction of sp³-hybridized carbons (Fsp3) is 0.389. The van der Waals surface area contributed by atoms with E-state index in [1.54, 1.807) is 0 Å². The lowest BCUT2D eigenvalue weighted by molar-refractivity contribution is 0.174. The Labute approximate surface area is 141 Å². The largest absolute Gasteiger partial charge is 0.454 e. The highest BCUT2D eigenvalue weighted by Crippen LogP contribution is 2.33. The van der Waals surface area contributed by atoms with Gasteiger partial charge in [-0.2, -0.15) is 0 Å². The maximum Gasteiger partial charge on any atom is 0.318 e. The number of ether oxygens (including phenoxy) is 2. The summed E-state index contributed by atoms with van der Waals surface area (Å²) in [4.78, 5) is 14.6. The smallest absolute Gasteiger partial charge is 0.318 e. The molecule has 1 aromatic heterocycles.